The summed E-state index contributed by atoms with van der Waals surface area (Å²) < 4.78 is 40.8. The molecule has 76 valence electrons. The van der Waals surface area contributed by atoms with Crippen molar-refractivity contribution in [3.05, 3.63) is 29.6 Å². The topological polar surface area (TPSA) is 26.3 Å². The van der Waals surface area contributed by atoms with E-state index in [9.17, 15) is 18.0 Å². The maximum Gasteiger partial charge on any atom is 0.272 e. The van der Waals surface area contributed by atoms with Crippen molar-refractivity contribution in [2.75, 3.05) is 6.61 Å². The van der Waals surface area contributed by atoms with Crippen LogP contribution >= 0.6 is 0 Å². The van der Waals surface area contributed by atoms with Crippen LogP contribution < -0.4 is 4.74 Å². The van der Waals surface area contributed by atoms with Crippen molar-refractivity contribution in [2.24, 2.45) is 0 Å². The Hall–Kier alpha value is -1.52. The van der Waals surface area contributed by atoms with Gasteiger partial charge < -0.3 is 4.74 Å². The molecule has 0 atom stereocenters. The maximum absolute atomic E-state index is 12.9. The van der Waals surface area contributed by atoms with E-state index in [1.807, 2.05) is 0 Å². The highest BCUT2D eigenvalue weighted by Gasteiger charge is 2.06. The van der Waals surface area contributed by atoms with Gasteiger partial charge in [0, 0.05) is 6.07 Å². The van der Waals surface area contributed by atoms with Gasteiger partial charge in [-0.3, -0.25) is 4.79 Å². The maximum atomic E-state index is 12.9. The summed E-state index contributed by atoms with van der Waals surface area (Å²) in [6.07, 6.45) is -2.27. The number of halogens is 3. The largest absolute Gasteiger partial charge is 0.488 e. The molecule has 0 aliphatic carbocycles. The van der Waals surface area contributed by atoms with Crippen LogP contribution in [0, 0.1) is 5.82 Å². The average Bonchev–Trinajstić information content (AvgIpc) is 2.15. The van der Waals surface area contributed by atoms with Gasteiger partial charge in [0.15, 0.2) is 6.29 Å². The molecule has 0 amide bonds. The first-order chi connectivity index (χ1) is 6.63. The van der Waals surface area contributed by atoms with Gasteiger partial charge in [-0.15, -0.1) is 0 Å². The highest BCUT2D eigenvalue weighted by atomic mass is 19.3. The summed E-state index contributed by atoms with van der Waals surface area (Å²) in [5.41, 5.74) is -0.130. The molecule has 0 aliphatic rings. The molecule has 0 unspecified atom stereocenters. The van der Waals surface area contributed by atoms with Gasteiger partial charge >= 0.3 is 0 Å². The summed E-state index contributed by atoms with van der Waals surface area (Å²) in [6.45, 7) is -0.792. The molecule has 1 aromatic carbocycles. The fourth-order valence-electron chi connectivity index (χ4n) is 0.852. The minimum absolute atomic E-state index is 0.0200. The number of hydrogen-bond donors (Lipinski definition) is 0. The van der Waals surface area contributed by atoms with E-state index in [0.29, 0.717) is 6.29 Å². The van der Waals surface area contributed by atoms with Crippen LogP contribution in [0.15, 0.2) is 18.2 Å². The molecule has 0 N–H and O–H groups in total. The fourth-order valence-corrected chi connectivity index (χ4v) is 0.852. The number of rotatable bonds is 4. The van der Waals surface area contributed by atoms with Crippen molar-refractivity contribution in [3.63, 3.8) is 0 Å². The number of hydrogen-bond acceptors (Lipinski definition) is 2. The van der Waals surface area contributed by atoms with Crippen molar-refractivity contribution < 1.29 is 22.7 Å². The second-order valence-corrected chi connectivity index (χ2v) is 2.50. The standard InChI is InChI=1S/C9H7F3O2/c10-8-3-7(14-5-9(11)12)2-1-6(8)4-13/h1-4,9H,5H2. The average molecular weight is 204 g/mol. The van der Waals surface area contributed by atoms with Crippen LogP contribution in [0.25, 0.3) is 0 Å². The van der Waals surface area contributed by atoms with Crippen molar-refractivity contribution in [1.29, 1.82) is 0 Å². The fraction of sp³-hybridized carbons (Fsp3) is 0.222. The summed E-state index contributed by atoms with van der Waals surface area (Å²) in [6, 6.07) is 3.32. The van der Waals surface area contributed by atoms with Crippen molar-refractivity contribution in [3.8, 4) is 5.75 Å². The van der Waals surface area contributed by atoms with E-state index in [1.54, 1.807) is 0 Å². The van der Waals surface area contributed by atoms with E-state index in [4.69, 9.17) is 0 Å². The van der Waals surface area contributed by atoms with Crippen LogP contribution in [0.4, 0.5) is 13.2 Å². The molecule has 1 rings (SSSR count). The second kappa shape index (κ2) is 4.64. The van der Waals surface area contributed by atoms with E-state index >= 15 is 0 Å². The Morgan fingerprint density at radius 3 is 2.64 bits per heavy atom. The lowest BCUT2D eigenvalue weighted by Gasteiger charge is -2.05. The second-order valence-electron chi connectivity index (χ2n) is 2.50. The molecule has 0 saturated heterocycles. The van der Waals surface area contributed by atoms with Crippen LogP contribution in [0.5, 0.6) is 5.75 Å². The molecule has 0 fully saturated rings. The molecule has 0 aromatic heterocycles. The summed E-state index contributed by atoms with van der Waals surface area (Å²) >= 11 is 0. The van der Waals surface area contributed by atoms with Crippen LogP contribution in [-0.4, -0.2) is 19.3 Å². The van der Waals surface area contributed by atoms with Gasteiger partial charge in [0.1, 0.15) is 18.2 Å². The lowest BCUT2D eigenvalue weighted by atomic mass is 10.2. The van der Waals surface area contributed by atoms with Crippen LogP contribution in [0.2, 0.25) is 0 Å². The third-order valence-electron chi connectivity index (χ3n) is 1.47. The van der Waals surface area contributed by atoms with Crippen LogP contribution in [0.1, 0.15) is 10.4 Å². The molecular weight excluding hydrogens is 197 g/mol. The smallest absolute Gasteiger partial charge is 0.272 e. The van der Waals surface area contributed by atoms with Crippen molar-refractivity contribution in [2.45, 2.75) is 6.43 Å². The predicted octanol–water partition coefficient (Wildman–Crippen LogP) is 2.28. The van der Waals surface area contributed by atoms with Gasteiger partial charge in [0.2, 0.25) is 0 Å². The van der Waals surface area contributed by atoms with E-state index in [2.05, 4.69) is 4.74 Å². The first kappa shape index (κ1) is 10.6. The molecule has 0 heterocycles. The normalized spacial score (nSPS) is 10.3. The number of ether oxygens (including phenoxy) is 1. The Kier molecular flexibility index (Phi) is 3.50. The molecule has 1 aromatic rings. The number of alkyl halides is 2. The van der Waals surface area contributed by atoms with Gasteiger partial charge in [-0.2, -0.15) is 0 Å². The lowest BCUT2D eigenvalue weighted by molar-refractivity contribution is 0.0817. The summed E-state index contributed by atoms with van der Waals surface area (Å²) in [5, 5.41) is 0. The van der Waals surface area contributed by atoms with Gasteiger partial charge in [-0.25, -0.2) is 13.2 Å². The van der Waals surface area contributed by atoms with E-state index in [-0.39, 0.29) is 11.3 Å². The first-order valence-electron chi connectivity index (χ1n) is 3.79. The molecule has 0 radical (unpaired) electrons. The van der Waals surface area contributed by atoms with Gasteiger partial charge in [0.25, 0.3) is 6.43 Å². The Morgan fingerprint density at radius 1 is 1.43 bits per heavy atom. The first-order valence-corrected chi connectivity index (χ1v) is 3.79. The third-order valence-corrected chi connectivity index (χ3v) is 1.47. The minimum atomic E-state index is -2.61. The Bertz CT molecular complexity index is 326. The Balaban J connectivity index is 2.71. The molecular formula is C9H7F3O2. The molecule has 0 spiro atoms. The number of carbonyl (C=O) groups excluding carboxylic acids is 1. The van der Waals surface area contributed by atoms with Gasteiger partial charge in [0.05, 0.1) is 5.56 Å². The molecule has 0 aliphatic heterocycles. The monoisotopic (exact) mass is 204 g/mol. The zero-order valence-corrected chi connectivity index (χ0v) is 7.04. The van der Waals surface area contributed by atoms with Crippen LogP contribution in [-0.2, 0) is 0 Å². The van der Waals surface area contributed by atoms with E-state index < -0.39 is 18.8 Å². The predicted molar refractivity (Wildman–Crippen MR) is 43.3 cm³/mol. The molecule has 0 bridgehead atoms. The molecule has 14 heavy (non-hydrogen) atoms. The lowest BCUT2D eigenvalue weighted by Crippen LogP contribution is -2.07. The minimum Gasteiger partial charge on any atom is -0.488 e. The molecule has 2 nitrogen and oxygen atoms in total. The van der Waals surface area contributed by atoms with Gasteiger partial charge in [-0.05, 0) is 12.1 Å². The Labute approximate surface area is 78.3 Å². The van der Waals surface area contributed by atoms with Gasteiger partial charge in [-0.1, -0.05) is 0 Å². The zero-order chi connectivity index (χ0) is 10.6. The Morgan fingerprint density at radius 2 is 2.14 bits per heavy atom. The van der Waals surface area contributed by atoms with E-state index in [0.717, 1.165) is 6.07 Å². The SMILES string of the molecule is O=Cc1ccc(OCC(F)F)cc1F. The highest BCUT2D eigenvalue weighted by Crippen LogP contribution is 2.15. The third kappa shape index (κ3) is 2.76. The number of aldehydes is 1. The van der Waals surface area contributed by atoms with E-state index in [1.165, 1.54) is 12.1 Å². The van der Waals surface area contributed by atoms with Crippen molar-refractivity contribution in [1.82, 2.24) is 0 Å². The van der Waals surface area contributed by atoms with Crippen molar-refractivity contribution >= 4 is 6.29 Å². The number of benzene rings is 1. The summed E-state index contributed by atoms with van der Waals surface area (Å²) in [4.78, 5) is 10.2. The quantitative estimate of drug-likeness (QED) is 0.703. The highest BCUT2D eigenvalue weighted by molar-refractivity contribution is 5.75. The molecule has 0 saturated carbocycles. The summed E-state index contributed by atoms with van der Waals surface area (Å²) in [7, 11) is 0. The molecule has 5 heteroatoms. The zero-order valence-electron chi connectivity index (χ0n) is 7.04. The number of carbonyl (C=O) groups is 1. The summed E-state index contributed by atoms with van der Waals surface area (Å²) in [5.74, 6) is -0.805. The van der Waals surface area contributed by atoms with Crippen LogP contribution in [0.3, 0.4) is 0 Å².